The second-order valence-corrected chi connectivity index (χ2v) is 5.48. The molecule has 21 heavy (non-hydrogen) atoms. The quantitative estimate of drug-likeness (QED) is 0.552. The van der Waals surface area contributed by atoms with Crippen molar-refractivity contribution in [1.29, 1.82) is 0 Å². The Morgan fingerprint density at radius 1 is 1.00 bits per heavy atom. The van der Waals surface area contributed by atoms with E-state index in [0.29, 0.717) is 22.8 Å². The van der Waals surface area contributed by atoms with Gasteiger partial charge in [-0.2, -0.15) is 0 Å². The Balaban J connectivity index is 2.04. The van der Waals surface area contributed by atoms with Crippen LogP contribution in [0.1, 0.15) is 10.4 Å². The maximum atomic E-state index is 12.1. The van der Waals surface area contributed by atoms with Gasteiger partial charge >= 0.3 is 0 Å². The number of Topliss-reactive ketones (excluding diaryl/α,β-unsaturated/α-hetero) is 1. The molecule has 5 heteroatoms. The molecule has 0 spiro atoms. The van der Waals surface area contributed by atoms with E-state index >= 15 is 0 Å². The van der Waals surface area contributed by atoms with Gasteiger partial charge in [0.05, 0.1) is 14.2 Å². The third-order valence-electron chi connectivity index (χ3n) is 2.89. The van der Waals surface area contributed by atoms with Gasteiger partial charge in [-0.25, -0.2) is 0 Å². The van der Waals surface area contributed by atoms with Gasteiger partial charge < -0.3 is 14.2 Å². The number of hydrogen-bond donors (Lipinski definition) is 0. The first-order valence-electron chi connectivity index (χ1n) is 6.27. The summed E-state index contributed by atoms with van der Waals surface area (Å²) in [5.41, 5.74) is 0.526. The van der Waals surface area contributed by atoms with Gasteiger partial charge in [-0.15, -0.1) is 0 Å². The van der Waals surface area contributed by atoms with Crippen LogP contribution in [-0.2, 0) is 0 Å². The lowest BCUT2D eigenvalue weighted by molar-refractivity contribution is 0.0921. The molecule has 0 atom stereocenters. The van der Waals surface area contributed by atoms with Gasteiger partial charge in [0.25, 0.3) is 0 Å². The number of carbonyl (C=O) groups excluding carboxylic acids is 1. The molecule has 0 aromatic heterocycles. The summed E-state index contributed by atoms with van der Waals surface area (Å²) >= 11 is 2.21. The standard InChI is InChI=1S/C16H15IO4/c1-19-15-8-3-11(9-16(15)20-2)14(18)10-21-13-6-4-12(17)5-7-13/h3-9H,10H2,1-2H3. The van der Waals surface area contributed by atoms with E-state index in [-0.39, 0.29) is 12.4 Å². The van der Waals surface area contributed by atoms with E-state index in [9.17, 15) is 4.79 Å². The monoisotopic (exact) mass is 398 g/mol. The van der Waals surface area contributed by atoms with E-state index < -0.39 is 0 Å². The molecular formula is C16H15IO4. The summed E-state index contributed by atoms with van der Waals surface area (Å²) in [6.45, 7) is -0.0178. The van der Waals surface area contributed by atoms with Gasteiger partial charge in [-0.05, 0) is 65.1 Å². The second kappa shape index (κ2) is 7.31. The van der Waals surface area contributed by atoms with E-state index in [2.05, 4.69) is 22.6 Å². The zero-order valence-corrected chi connectivity index (χ0v) is 13.9. The van der Waals surface area contributed by atoms with Crippen LogP contribution in [-0.4, -0.2) is 26.6 Å². The summed E-state index contributed by atoms with van der Waals surface area (Å²) in [7, 11) is 3.09. The van der Waals surface area contributed by atoms with Gasteiger partial charge in [-0.1, -0.05) is 0 Å². The summed E-state index contributed by atoms with van der Waals surface area (Å²) in [4.78, 5) is 12.1. The average molecular weight is 398 g/mol. The first-order chi connectivity index (χ1) is 10.1. The van der Waals surface area contributed by atoms with Crippen molar-refractivity contribution in [2.45, 2.75) is 0 Å². The lowest BCUT2D eigenvalue weighted by atomic mass is 10.1. The largest absolute Gasteiger partial charge is 0.493 e. The minimum atomic E-state index is -0.116. The summed E-state index contributed by atoms with van der Waals surface area (Å²) in [5.74, 6) is 1.67. The third kappa shape index (κ3) is 4.10. The van der Waals surface area contributed by atoms with Crippen LogP contribution in [0.15, 0.2) is 42.5 Å². The molecule has 0 saturated carbocycles. The topological polar surface area (TPSA) is 44.8 Å². The van der Waals surface area contributed by atoms with Crippen LogP contribution in [0.2, 0.25) is 0 Å². The Kier molecular flexibility index (Phi) is 5.44. The maximum Gasteiger partial charge on any atom is 0.200 e. The number of rotatable bonds is 6. The highest BCUT2D eigenvalue weighted by Gasteiger charge is 2.11. The summed E-state index contributed by atoms with van der Waals surface area (Å²) < 4.78 is 16.9. The fourth-order valence-electron chi connectivity index (χ4n) is 1.77. The van der Waals surface area contributed by atoms with Crippen LogP contribution < -0.4 is 14.2 Å². The van der Waals surface area contributed by atoms with E-state index in [1.165, 1.54) is 7.11 Å². The number of benzene rings is 2. The van der Waals surface area contributed by atoms with E-state index in [0.717, 1.165) is 3.57 Å². The predicted octanol–water partition coefficient (Wildman–Crippen LogP) is 3.57. The average Bonchev–Trinajstić information content (AvgIpc) is 2.53. The molecule has 0 aliphatic heterocycles. The zero-order valence-electron chi connectivity index (χ0n) is 11.8. The summed E-state index contributed by atoms with van der Waals surface area (Å²) in [5, 5.41) is 0. The molecule has 2 aromatic carbocycles. The fourth-order valence-corrected chi connectivity index (χ4v) is 2.13. The molecule has 0 unspecified atom stereocenters. The molecule has 0 aliphatic rings. The van der Waals surface area contributed by atoms with Gasteiger partial charge in [0, 0.05) is 9.13 Å². The first kappa shape index (κ1) is 15.6. The molecule has 2 aromatic rings. The predicted molar refractivity (Wildman–Crippen MR) is 88.5 cm³/mol. The molecule has 0 N–H and O–H groups in total. The van der Waals surface area contributed by atoms with E-state index in [1.54, 1.807) is 25.3 Å². The van der Waals surface area contributed by atoms with Crippen LogP contribution in [0.5, 0.6) is 17.2 Å². The molecule has 4 nitrogen and oxygen atoms in total. The molecular weight excluding hydrogens is 383 g/mol. The Hall–Kier alpha value is -1.76. The van der Waals surface area contributed by atoms with Crippen molar-refractivity contribution < 1.29 is 19.0 Å². The highest BCUT2D eigenvalue weighted by molar-refractivity contribution is 14.1. The van der Waals surface area contributed by atoms with Crippen molar-refractivity contribution in [1.82, 2.24) is 0 Å². The van der Waals surface area contributed by atoms with Gasteiger partial charge in [0.2, 0.25) is 0 Å². The van der Waals surface area contributed by atoms with Crippen LogP contribution in [0, 0.1) is 3.57 Å². The number of ether oxygens (including phenoxy) is 3. The first-order valence-corrected chi connectivity index (χ1v) is 7.35. The Morgan fingerprint density at radius 3 is 2.29 bits per heavy atom. The van der Waals surface area contributed by atoms with Gasteiger partial charge in [0.1, 0.15) is 5.75 Å². The number of halogens is 1. The molecule has 0 bridgehead atoms. The highest BCUT2D eigenvalue weighted by Crippen LogP contribution is 2.27. The van der Waals surface area contributed by atoms with Crippen molar-refractivity contribution >= 4 is 28.4 Å². The highest BCUT2D eigenvalue weighted by atomic mass is 127. The number of hydrogen-bond acceptors (Lipinski definition) is 4. The van der Waals surface area contributed by atoms with E-state index in [1.807, 2.05) is 24.3 Å². The number of ketones is 1. The minimum Gasteiger partial charge on any atom is -0.493 e. The zero-order chi connectivity index (χ0) is 15.2. The molecule has 0 heterocycles. The fraction of sp³-hybridized carbons (Fsp3) is 0.188. The number of methoxy groups -OCH3 is 2. The van der Waals surface area contributed by atoms with Crippen molar-refractivity contribution in [2.75, 3.05) is 20.8 Å². The maximum absolute atomic E-state index is 12.1. The third-order valence-corrected chi connectivity index (χ3v) is 3.61. The van der Waals surface area contributed by atoms with Crippen LogP contribution in [0.3, 0.4) is 0 Å². The van der Waals surface area contributed by atoms with Gasteiger partial charge in [-0.3, -0.25) is 4.79 Å². The van der Waals surface area contributed by atoms with Crippen molar-refractivity contribution in [2.24, 2.45) is 0 Å². The molecule has 0 saturated heterocycles. The molecule has 110 valence electrons. The molecule has 2 rings (SSSR count). The van der Waals surface area contributed by atoms with Gasteiger partial charge in [0.15, 0.2) is 23.9 Å². The molecule has 0 aliphatic carbocycles. The number of carbonyl (C=O) groups is 1. The molecule has 0 amide bonds. The summed E-state index contributed by atoms with van der Waals surface area (Å²) in [6.07, 6.45) is 0. The Labute approximate surface area is 137 Å². The van der Waals surface area contributed by atoms with Crippen molar-refractivity contribution in [3.05, 3.63) is 51.6 Å². The van der Waals surface area contributed by atoms with Crippen LogP contribution in [0.4, 0.5) is 0 Å². The van der Waals surface area contributed by atoms with Crippen LogP contribution in [0.25, 0.3) is 0 Å². The van der Waals surface area contributed by atoms with Crippen molar-refractivity contribution in [3.8, 4) is 17.2 Å². The molecule has 0 radical (unpaired) electrons. The normalized spacial score (nSPS) is 10.0. The lowest BCUT2D eigenvalue weighted by Crippen LogP contribution is -2.11. The summed E-state index contributed by atoms with van der Waals surface area (Å²) in [6, 6.07) is 12.6. The van der Waals surface area contributed by atoms with Crippen molar-refractivity contribution in [3.63, 3.8) is 0 Å². The van der Waals surface area contributed by atoms with Crippen LogP contribution >= 0.6 is 22.6 Å². The smallest absolute Gasteiger partial charge is 0.200 e. The molecule has 0 fully saturated rings. The second-order valence-electron chi connectivity index (χ2n) is 4.24. The lowest BCUT2D eigenvalue weighted by Gasteiger charge is -2.09. The van der Waals surface area contributed by atoms with E-state index in [4.69, 9.17) is 14.2 Å². The Bertz CT molecular complexity index is 623. The SMILES string of the molecule is COc1ccc(C(=O)COc2ccc(I)cc2)cc1OC. The Morgan fingerprint density at radius 2 is 1.67 bits per heavy atom. The minimum absolute atomic E-state index is 0.0178.